The Morgan fingerprint density at radius 3 is 2.38 bits per heavy atom. The molecule has 1 heterocycles. The van der Waals surface area contributed by atoms with Crippen molar-refractivity contribution < 1.29 is 9.59 Å². The van der Waals surface area contributed by atoms with Crippen molar-refractivity contribution in [3.05, 3.63) is 0 Å². The molecule has 4 nitrogen and oxygen atoms in total. The largest absolute Gasteiger partial charge is 0.342 e. The van der Waals surface area contributed by atoms with Crippen molar-refractivity contribution in [2.45, 2.75) is 72.4 Å². The van der Waals surface area contributed by atoms with Crippen molar-refractivity contribution in [1.29, 1.82) is 0 Å². The normalized spacial score (nSPS) is 28.5. The number of hydrogen-bond acceptors (Lipinski definition) is 2. The average molecular weight is 294 g/mol. The molecule has 4 heteroatoms. The van der Waals surface area contributed by atoms with E-state index in [0.29, 0.717) is 18.4 Å². The van der Waals surface area contributed by atoms with Gasteiger partial charge in [0, 0.05) is 6.54 Å². The summed E-state index contributed by atoms with van der Waals surface area (Å²) in [4.78, 5) is 27.3. The third kappa shape index (κ3) is 3.58. The molecule has 1 saturated heterocycles. The van der Waals surface area contributed by atoms with Crippen LogP contribution in [0.5, 0.6) is 0 Å². The molecule has 1 N–H and O–H groups in total. The fraction of sp³-hybridized carbons (Fsp3) is 0.882. The summed E-state index contributed by atoms with van der Waals surface area (Å²) in [7, 11) is 0. The Balaban J connectivity index is 2.20. The molecule has 3 unspecified atom stereocenters. The van der Waals surface area contributed by atoms with E-state index in [1.165, 1.54) is 0 Å². The first-order chi connectivity index (χ1) is 9.75. The lowest BCUT2D eigenvalue weighted by Crippen LogP contribution is -2.67. The van der Waals surface area contributed by atoms with Gasteiger partial charge in [0.05, 0.1) is 0 Å². The number of hydrogen-bond donors (Lipinski definition) is 1. The summed E-state index contributed by atoms with van der Waals surface area (Å²) >= 11 is 0. The van der Waals surface area contributed by atoms with Gasteiger partial charge in [-0.3, -0.25) is 9.59 Å². The van der Waals surface area contributed by atoms with Crippen LogP contribution >= 0.6 is 0 Å². The molecule has 120 valence electrons. The van der Waals surface area contributed by atoms with Crippen LogP contribution in [0.25, 0.3) is 0 Å². The van der Waals surface area contributed by atoms with E-state index in [4.69, 9.17) is 0 Å². The number of rotatable bonds is 5. The highest BCUT2D eigenvalue weighted by atomic mass is 16.2. The van der Waals surface area contributed by atoms with Crippen LogP contribution in [0.15, 0.2) is 0 Å². The maximum absolute atomic E-state index is 12.9. The highest BCUT2D eigenvalue weighted by molar-refractivity contribution is 5.97. The number of piperazine rings is 1. The molecule has 1 aliphatic carbocycles. The molecule has 0 bridgehead atoms. The standard InChI is InChI=1S/C17H30N2O2/c1-6-7-11(2)10-19-13(12-8-9-12)15(20)18-14(16(19)21)17(3,4)5/h11-14H,6-10H2,1-5H3,(H,18,20). The first-order valence-electron chi connectivity index (χ1n) is 8.36. The Kier molecular flexibility index (Phi) is 4.64. The molecule has 3 atom stereocenters. The van der Waals surface area contributed by atoms with Crippen LogP contribution in [0.4, 0.5) is 0 Å². The van der Waals surface area contributed by atoms with Crippen LogP contribution < -0.4 is 5.32 Å². The maximum Gasteiger partial charge on any atom is 0.246 e. The number of nitrogens with one attached hydrogen (secondary N) is 1. The van der Waals surface area contributed by atoms with Crippen LogP contribution in [0.3, 0.4) is 0 Å². The van der Waals surface area contributed by atoms with Crippen LogP contribution in [0.2, 0.25) is 0 Å². The summed E-state index contributed by atoms with van der Waals surface area (Å²) < 4.78 is 0. The summed E-state index contributed by atoms with van der Waals surface area (Å²) in [5, 5.41) is 2.98. The molecule has 2 rings (SSSR count). The van der Waals surface area contributed by atoms with Gasteiger partial charge in [-0.15, -0.1) is 0 Å². The second-order valence-electron chi connectivity index (χ2n) is 7.97. The lowest BCUT2D eigenvalue weighted by molar-refractivity contribution is -0.154. The van der Waals surface area contributed by atoms with Crippen molar-refractivity contribution in [3.8, 4) is 0 Å². The fourth-order valence-electron chi connectivity index (χ4n) is 3.32. The minimum absolute atomic E-state index is 0.0562. The van der Waals surface area contributed by atoms with Gasteiger partial charge in [-0.1, -0.05) is 41.0 Å². The monoisotopic (exact) mass is 294 g/mol. The minimum Gasteiger partial charge on any atom is -0.342 e. The summed E-state index contributed by atoms with van der Waals surface area (Å²) in [6.07, 6.45) is 4.36. The summed E-state index contributed by atoms with van der Waals surface area (Å²) in [5.74, 6) is 0.998. The SMILES string of the molecule is CCCC(C)CN1C(=O)C(C(C)(C)C)NC(=O)C1C1CC1. The Bertz CT molecular complexity index is 410. The number of nitrogens with zero attached hydrogens (tertiary/aromatic N) is 1. The number of amides is 2. The third-order valence-corrected chi connectivity index (χ3v) is 4.65. The number of carbonyl (C=O) groups is 2. The highest BCUT2D eigenvalue weighted by Crippen LogP contribution is 2.38. The van der Waals surface area contributed by atoms with Crippen molar-refractivity contribution in [1.82, 2.24) is 10.2 Å². The van der Waals surface area contributed by atoms with Gasteiger partial charge >= 0.3 is 0 Å². The van der Waals surface area contributed by atoms with E-state index in [1.54, 1.807) is 0 Å². The van der Waals surface area contributed by atoms with E-state index in [-0.39, 0.29) is 23.3 Å². The molecule has 21 heavy (non-hydrogen) atoms. The molecular formula is C17H30N2O2. The maximum atomic E-state index is 12.9. The van der Waals surface area contributed by atoms with E-state index in [9.17, 15) is 9.59 Å². The third-order valence-electron chi connectivity index (χ3n) is 4.65. The molecule has 1 aliphatic heterocycles. The number of carbonyl (C=O) groups excluding carboxylic acids is 2. The van der Waals surface area contributed by atoms with Crippen LogP contribution in [0.1, 0.15) is 60.3 Å². The minimum atomic E-state index is -0.395. The van der Waals surface area contributed by atoms with Crippen LogP contribution in [-0.4, -0.2) is 35.3 Å². The molecule has 2 fully saturated rings. The van der Waals surface area contributed by atoms with Crippen LogP contribution in [0, 0.1) is 17.3 Å². The summed E-state index contributed by atoms with van der Waals surface area (Å²) in [6, 6.07) is -0.621. The molecule has 0 aromatic heterocycles. The van der Waals surface area contributed by atoms with E-state index in [1.807, 2.05) is 25.7 Å². The van der Waals surface area contributed by atoms with Crippen molar-refractivity contribution in [2.24, 2.45) is 17.3 Å². The van der Waals surface area contributed by atoms with Gasteiger partial charge in [0.2, 0.25) is 11.8 Å². The first-order valence-corrected chi connectivity index (χ1v) is 8.36. The predicted octanol–water partition coefficient (Wildman–Crippen LogP) is 2.57. The molecule has 0 spiro atoms. The zero-order valence-electron chi connectivity index (χ0n) is 14.1. The molecular weight excluding hydrogens is 264 g/mol. The summed E-state index contributed by atoms with van der Waals surface area (Å²) in [5.41, 5.74) is -0.243. The van der Waals surface area contributed by atoms with E-state index in [0.717, 1.165) is 25.7 Å². The van der Waals surface area contributed by atoms with Gasteiger partial charge < -0.3 is 10.2 Å². The Hall–Kier alpha value is -1.06. The Labute approximate surface area is 128 Å². The zero-order chi connectivity index (χ0) is 15.8. The predicted molar refractivity (Wildman–Crippen MR) is 83.7 cm³/mol. The molecule has 2 amide bonds. The molecule has 1 saturated carbocycles. The molecule has 0 aromatic carbocycles. The van der Waals surface area contributed by atoms with Gasteiger partial charge in [0.15, 0.2) is 0 Å². The van der Waals surface area contributed by atoms with Crippen LogP contribution in [-0.2, 0) is 9.59 Å². The van der Waals surface area contributed by atoms with E-state index in [2.05, 4.69) is 19.2 Å². The van der Waals surface area contributed by atoms with Crippen molar-refractivity contribution >= 4 is 11.8 Å². The van der Waals surface area contributed by atoms with Gasteiger partial charge in [-0.05, 0) is 36.5 Å². The van der Waals surface area contributed by atoms with Gasteiger partial charge in [-0.2, -0.15) is 0 Å². The quantitative estimate of drug-likeness (QED) is 0.847. The Morgan fingerprint density at radius 1 is 1.29 bits per heavy atom. The zero-order valence-corrected chi connectivity index (χ0v) is 14.1. The Morgan fingerprint density at radius 2 is 1.90 bits per heavy atom. The lowest BCUT2D eigenvalue weighted by atomic mass is 9.83. The van der Waals surface area contributed by atoms with Gasteiger partial charge in [0.1, 0.15) is 12.1 Å². The molecule has 0 aromatic rings. The second-order valence-corrected chi connectivity index (χ2v) is 7.97. The topological polar surface area (TPSA) is 49.4 Å². The fourth-order valence-corrected chi connectivity index (χ4v) is 3.32. The average Bonchev–Trinajstić information content (AvgIpc) is 3.16. The van der Waals surface area contributed by atoms with Crippen molar-refractivity contribution in [3.63, 3.8) is 0 Å². The van der Waals surface area contributed by atoms with E-state index >= 15 is 0 Å². The first kappa shape index (κ1) is 16.3. The van der Waals surface area contributed by atoms with Crippen molar-refractivity contribution in [2.75, 3.05) is 6.54 Å². The summed E-state index contributed by atoms with van der Waals surface area (Å²) in [6.45, 7) is 11.1. The lowest BCUT2D eigenvalue weighted by Gasteiger charge is -2.44. The molecule has 2 aliphatic rings. The molecule has 0 radical (unpaired) electrons. The van der Waals surface area contributed by atoms with E-state index < -0.39 is 6.04 Å². The second kappa shape index (κ2) is 5.98. The van der Waals surface area contributed by atoms with Gasteiger partial charge in [0.25, 0.3) is 0 Å². The smallest absolute Gasteiger partial charge is 0.246 e. The highest BCUT2D eigenvalue weighted by Gasteiger charge is 2.50. The van der Waals surface area contributed by atoms with Gasteiger partial charge in [-0.25, -0.2) is 0 Å².